The Hall–Kier alpha value is -3.51. The molecule has 2 N–H and O–H groups in total. The fourth-order valence-corrected chi connectivity index (χ4v) is 2.76. The number of benzene rings is 3. The Morgan fingerprint density at radius 2 is 1.65 bits per heavy atom. The molecule has 7 heteroatoms. The fourth-order valence-electron chi connectivity index (χ4n) is 2.64. The van der Waals surface area contributed by atoms with Crippen molar-refractivity contribution in [2.75, 3.05) is 18.5 Å². The van der Waals surface area contributed by atoms with Crippen LogP contribution < -0.4 is 20.2 Å². The lowest BCUT2D eigenvalue weighted by Crippen LogP contribution is -2.24. The van der Waals surface area contributed by atoms with Crippen LogP contribution in [0.15, 0.2) is 77.9 Å². The third-order valence-electron chi connectivity index (χ3n) is 4.25. The van der Waals surface area contributed by atoms with Gasteiger partial charge in [-0.1, -0.05) is 29.8 Å². The summed E-state index contributed by atoms with van der Waals surface area (Å²) >= 11 is 6.01. The van der Waals surface area contributed by atoms with Crippen LogP contribution in [0.5, 0.6) is 11.5 Å². The number of rotatable bonds is 9. The van der Waals surface area contributed by atoms with Crippen molar-refractivity contribution < 1.29 is 14.3 Å². The maximum absolute atomic E-state index is 11.8. The first kappa shape index (κ1) is 22.2. The Morgan fingerprint density at radius 3 is 2.35 bits per heavy atom. The van der Waals surface area contributed by atoms with E-state index in [2.05, 4.69) is 15.8 Å². The predicted molar refractivity (Wildman–Crippen MR) is 124 cm³/mol. The molecule has 2 amide bonds. The van der Waals surface area contributed by atoms with Crippen LogP contribution in [0, 0.1) is 6.92 Å². The quantitative estimate of drug-likeness (QED) is 0.258. The van der Waals surface area contributed by atoms with Gasteiger partial charge < -0.3 is 14.8 Å². The number of urea groups is 1. The van der Waals surface area contributed by atoms with Gasteiger partial charge in [0.2, 0.25) is 0 Å². The van der Waals surface area contributed by atoms with Crippen LogP contribution in [-0.2, 0) is 0 Å². The summed E-state index contributed by atoms with van der Waals surface area (Å²) in [7, 11) is 0. The molecule has 0 spiro atoms. The molecule has 0 atom stereocenters. The Morgan fingerprint density at radius 1 is 0.968 bits per heavy atom. The Labute approximate surface area is 186 Å². The molecule has 0 aliphatic rings. The predicted octanol–water partition coefficient (Wildman–Crippen LogP) is 5.65. The highest BCUT2D eigenvalue weighted by molar-refractivity contribution is 6.31. The third kappa shape index (κ3) is 7.68. The SMILES string of the molecule is Cc1cc(OCCCOc2ccc(/C=N\NC(=O)Nc3ccccc3)cc2)ccc1Cl. The average molecular weight is 438 g/mol. The summed E-state index contributed by atoms with van der Waals surface area (Å²) in [6.45, 7) is 3.05. The molecular weight excluding hydrogens is 414 g/mol. The summed E-state index contributed by atoms with van der Waals surface area (Å²) < 4.78 is 11.4. The van der Waals surface area contributed by atoms with Gasteiger partial charge in [-0.05, 0) is 72.6 Å². The van der Waals surface area contributed by atoms with E-state index < -0.39 is 6.03 Å². The molecule has 6 nitrogen and oxygen atoms in total. The molecule has 160 valence electrons. The highest BCUT2D eigenvalue weighted by Crippen LogP contribution is 2.21. The van der Waals surface area contributed by atoms with Gasteiger partial charge in [0.15, 0.2) is 0 Å². The molecule has 3 aromatic carbocycles. The van der Waals surface area contributed by atoms with E-state index in [1.54, 1.807) is 18.3 Å². The molecule has 0 fully saturated rings. The number of nitrogens with one attached hydrogen (secondary N) is 2. The molecule has 3 aromatic rings. The van der Waals surface area contributed by atoms with Crippen LogP contribution in [0.3, 0.4) is 0 Å². The summed E-state index contributed by atoms with van der Waals surface area (Å²) in [5.41, 5.74) is 4.96. The van der Waals surface area contributed by atoms with E-state index in [0.29, 0.717) is 18.9 Å². The Balaban J connectivity index is 1.34. The van der Waals surface area contributed by atoms with Crippen LogP contribution >= 0.6 is 11.6 Å². The van der Waals surface area contributed by atoms with E-state index in [4.69, 9.17) is 21.1 Å². The monoisotopic (exact) mass is 437 g/mol. The normalized spacial score (nSPS) is 10.6. The van der Waals surface area contributed by atoms with Crippen molar-refractivity contribution in [2.45, 2.75) is 13.3 Å². The number of carbonyl (C=O) groups is 1. The van der Waals surface area contributed by atoms with E-state index in [0.717, 1.165) is 34.1 Å². The van der Waals surface area contributed by atoms with Crippen LogP contribution in [0.4, 0.5) is 10.5 Å². The summed E-state index contributed by atoms with van der Waals surface area (Å²) in [6, 6.07) is 21.8. The van der Waals surface area contributed by atoms with Crippen molar-refractivity contribution in [3.63, 3.8) is 0 Å². The lowest BCUT2D eigenvalue weighted by molar-refractivity contribution is 0.247. The van der Waals surface area contributed by atoms with Gasteiger partial charge in [0.25, 0.3) is 0 Å². The summed E-state index contributed by atoms with van der Waals surface area (Å²) in [5.74, 6) is 1.56. The highest BCUT2D eigenvalue weighted by Gasteiger charge is 2.00. The molecule has 0 aliphatic heterocycles. The fraction of sp³-hybridized carbons (Fsp3) is 0.167. The molecule has 3 rings (SSSR count). The molecule has 0 unspecified atom stereocenters. The first-order valence-electron chi connectivity index (χ1n) is 9.87. The number of aryl methyl sites for hydroxylation is 1. The zero-order valence-electron chi connectivity index (χ0n) is 17.2. The summed E-state index contributed by atoms with van der Waals surface area (Å²) in [6.07, 6.45) is 2.32. The molecule has 31 heavy (non-hydrogen) atoms. The maximum atomic E-state index is 11.8. The van der Waals surface area contributed by atoms with Crippen molar-refractivity contribution in [1.29, 1.82) is 0 Å². The second-order valence-electron chi connectivity index (χ2n) is 6.72. The number of anilines is 1. The van der Waals surface area contributed by atoms with Gasteiger partial charge in [0.05, 0.1) is 19.4 Å². The lowest BCUT2D eigenvalue weighted by Gasteiger charge is -2.09. The Kier molecular flexibility index (Phi) is 8.31. The summed E-state index contributed by atoms with van der Waals surface area (Å²) in [4.78, 5) is 11.8. The van der Waals surface area contributed by atoms with Crippen molar-refractivity contribution in [3.8, 4) is 11.5 Å². The number of hydrazone groups is 1. The van der Waals surface area contributed by atoms with Crippen LogP contribution in [0.25, 0.3) is 0 Å². The maximum Gasteiger partial charge on any atom is 0.339 e. The molecule has 0 saturated carbocycles. The smallest absolute Gasteiger partial charge is 0.339 e. The zero-order valence-corrected chi connectivity index (χ0v) is 17.9. The average Bonchev–Trinajstić information content (AvgIpc) is 2.77. The van der Waals surface area contributed by atoms with Gasteiger partial charge in [-0.15, -0.1) is 0 Å². The second kappa shape index (κ2) is 11.6. The van der Waals surface area contributed by atoms with E-state index in [-0.39, 0.29) is 0 Å². The largest absolute Gasteiger partial charge is 0.493 e. The van der Waals surface area contributed by atoms with Crippen molar-refractivity contribution in [2.24, 2.45) is 5.10 Å². The molecule has 0 aliphatic carbocycles. The van der Waals surface area contributed by atoms with Gasteiger partial charge in [0.1, 0.15) is 11.5 Å². The Bertz CT molecular complexity index is 1010. The number of nitrogens with zero attached hydrogens (tertiary/aromatic N) is 1. The van der Waals surface area contributed by atoms with Gasteiger partial charge in [-0.2, -0.15) is 5.10 Å². The van der Waals surface area contributed by atoms with Crippen molar-refractivity contribution >= 4 is 29.5 Å². The third-order valence-corrected chi connectivity index (χ3v) is 4.67. The number of amides is 2. The topological polar surface area (TPSA) is 72.0 Å². The van der Waals surface area contributed by atoms with E-state index >= 15 is 0 Å². The number of hydrogen-bond donors (Lipinski definition) is 2. The van der Waals surface area contributed by atoms with Crippen LogP contribution in [-0.4, -0.2) is 25.5 Å². The molecule has 0 aromatic heterocycles. The van der Waals surface area contributed by atoms with Gasteiger partial charge in [-0.3, -0.25) is 0 Å². The van der Waals surface area contributed by atoms with Gasteiger partial charge in [0, 0.05) is 17.1 Å². The molecule has 0 saturated heterocycles. The second-order valence-corrected chi connectivity index (χ2v) is 7.13. The highest BCUT2D eigenvalue weighted by atomic mass is 35.5. The van der Waals surface area contributed by atoms with E-state index in [1.165, 1.54) is 0 Å². The minimum Gasteiger partial charge on any atom is -0.493 e. The number of hydrogen-bond acceptors (Lipinski definition) is 4. The first-order valence-corrected chi connectivity index (χ1v) is 10.2. The van der Waals surface area contributed by atoms with Gasteiger partial charge >= 0.3 is 6.03 Å². The van der Waals surface area contributed by atoms with Crippen molar-refractivity contribution in [1.82, 2.24) is 5.43 Å². The molecule has 0 radical (unpaired) electrons. The minimum absolute atomic E-state index is 0.404. The van der Waals surface area contributed by atoms with E-state index in [9.17, 15) is 4.79 Å². The summed E-state index contributed by atoms with van der Waals surface area (Å²) in [5, 5.41) is 7.36. The molecule has 0 heterocycles. The number of para-hydroxylation sites is 1. The molecular formula is C24H24ClN3O3. The number of halogens is 1. The molecule has 0 bridgehead atoms. The number of ether oxygens (including phenoxy) is 2. The first-order chi connectivity index (χ1) is 15.1. The van der Waals surface area contributed by atoms with E-state index in [1.807, 2.05) is 67.6 Å². The number of carbonyl (C=O) groups excluding carboxylic acids is 1. The lowest BCUT2D eigenvalue weighted by atomic mass is 10.2. The van der Waals surface area contributed by atoms with Crippen molar-refractivity contribution in [3.05, 3.63) is 88.9 Å². The zero-order chi connectivity index (χ0) is 21.9. The van der Waals surface area contributed by atoms with Gasteiger partial charge in [-0.25, -0.2) is 10.2 Å². The van der Waals surface area contributed by atoms with Crippen LogP contribution in [0.1, 0.15) is 17.5 Å². The minimum atomic E-state index is -0.404. The standard InChI is InChI=1S/C24H24ClN3O3/c1-18-16-22(12-13-23(18)25)31-15-5-14-30-21-10-8-19(9-11-21)17-26-28-24(29)27-20-6-3-2-4-7-20/h2-4,6-13,16-17H,5,14-15H2,1H3,(H2,27,28,29)/b26-17-. The van der Waals surface area contributed by atoms with Crippen LogP contribution in [0.2, 0.25) is 5.02 Å².